The highest BCUT2D eigenvalue weighted by molar-refractivity contribution is 5.85. The van der Waals surface area contributed by atoms with E-state index in [1.807, 2.05) is 0 Å². The third-order valence-corrected chi connectivity index (χ3v) is 5.85. The first-order valence-electron chi connectivity index (χ1n) is 9.82. The molecular weight excluding hydrogens is 296 g/mol. The first-order chi connectivity index (χ1) is 11.8. The zero-order valence-electron chi connectivity index (χ0n) is 14.7. The van der Waals surface area contributed by atoms with Crippen LogP contribution in [0.2, 0.25) is 0 Å². The van der Waals surface area contributed by atoms with Gasteiger partial charge in [-0.1, -0.05) is 31.0 Å². The quantitative estimate of drug-likeness (QED) is 0.927. The molecule has 0 amide bonds. The van der Waals surface area contributed by atoms with Crippen LogP contribution in [0.3, 0.4) is 0 Å². The van der Waals surface area contributed by atoms with Gasteiger partial charge in [-0.15, -0.1) is 0 Å². The molecule has 0 saturated carbocycles. The lowest BCUT2D eigenvalue weighted by Gasteiger charge is -2.25. The van der Waals surface area contributed by atoms with Crippen molar-refractivity contribution in [2.45, 2.75) is 64.0 Å². The summed E-state index contributed by atoms with van der Waals surface area (Å²) in [6, 6.07) is 8.77. The van der Waals surface area contributed by atoms with Crippen LogP contribution in [0.1, 0.15) is 49.8 Å². The van der Waals surface area contributed by atoms with Gasteiger partial charge in [-0.2, -0.15) is 0 Å². The lowest BCUT2D eigenvalue weighted by molar-refractivity contribution is 0.0999. The Morgan fingerprint density at radius 1 is 0.875 bits per heavy atom. The molecule has 1 aromatic heterocycles. The second-order valence-corrected chi connectivity index (χ2v) is 7.63. The predicted octanol–water partition coefficient (Wildman–Crippen LogP) is 3.76. The summed E-state index contributed by atoms with van der Waals surface area (Å²) in [7, 11) is 0. The minimum Gasteiger partial charge on any atom is -0.390 e. The highest BCUT2D eigenvalue weighted by Crippen LogP contribution is 2.32. The number of hydrogen-bond donors (Lipinski definition) is 1. The van der Waals surface area contributed by atoms with Crippen LogP contribution in [0.25, 0.3) is 10.9 Å². The Morgan fingerprint density at radius 2 is 1.62 bits per heavy atom. The number of aromatic nitrogens is 1. The fourth-order valence-electron chi connectivity index (χ4n) is 4.68. The van der Waals surface area contributed by atoms with E-state index in [9.17, 15) is 5.11 Å². The number of hydrogen-bond acceptors (Lipinski definition) is 2. The first kappa shape index (κ1) is 16.2. The molecule has 1 atom stereocenters. The average molecular weight is 326 g/mol. The van der Waals surface area contributed by atoms with E-state index >= 15 is 0 Å². The standard InChI is InChI=1S/C21H30N2O/c24-17(15-22-13-7-1-2-8-14-22)16-23-20-11-5-3-9-18(20)19-10-4-6-12-21(19)23/h3,5,9,11,17,24H,1-2,4,6-8,10,12-16H2. The second-order valence-electron chi connectivity index (χ2n) is 7.63. The van der Waals surface area contributed by atoms with Gasteiger partial charge in [0.05, 0.1) is 12.6 Å². The summed E-state index contributed by atoms with van der Waals surface area (Å²) in [6.45, 7) is 3.87. The predicted molar refractivity (Wildman–Crippen MR) is 99.5 cm³/mol. The number of rotatable bonds is 4. The average Bonchev–Trinajstić information content (AvgIpc) is 2.76. The molecule has 2 aromatic rings. The molecule has 0 spiro atoms. The number of benzene rings is 1. The van der Waals surface area contributed by atoms with Crippen LogP contribution in [-0.2, 0) is 19.4 Å². The lowest BCUT2D eigenvalue weighted by Crippen LogP contribution is -2.35. The van der Waals surface area contributed by atoms with Gasteiger partial charge in [0.2, 0.25) is 0 Å². The van der Waals surface area contributed by atoms with Crippen LogP contribution >= 0.6 is 0 Å². The maximum absolute atomic E-state index is 10.8. The Balaban J connectivity index is 1.55. The summed E-state index contributed by atoms with van der Waals surface area (Å²) in [4.78, 5) is 2.47. The van der Waals surface area contributed by atoms with E-state index in [1.165, 1.54) is 68.0 Å². The Morgan fingerprint density at radius 3 is 2.46 bits per heavy atom. The van der Waals surface area contributed by atoms with Crippen molar-refractivity contribution >= 4 is 10.9 Å². The van der Waals surface area contributed by atoms with E-state index in [4.69, 9.17) is 0 Å². The van der Waals surface area contributed by atoms with Crippen molar-refractivity contribution in [3.05, 3.63) is 35.5 Å². The van der Waals surface area contributed by atoms with E-state index in [-0.39, 0.29) is 6.10 Å². The van der Waals surface area contributed by atoms with E-state index in [0.717, 1.165) is 26.2 Å². The molecule has 1 aromatic carbocycles. The minimum atomic E-state index is -0.273. The molecule has 130 valence electrons. The number of para-hydroxylation sites is 1. The molecule has 3 nitrogen and oxygen atoms in total. The molecule has 3 heteroatoms. The molecule has 24 heavy (non-hydrogen) atoms. The molecule has 1 fully saturated rings. The van der Waals surface area contributed by atoms with E-state index in [2.05, 4.69) is 33.7 Å². The zero-order chi connectivity index (χ0) is 16.4. The number of aliphatic hydroxyl groups excluding tert-OH is 1. The third-order valence-electron chi connectivity index (χ3n) is 5.85. The van der Waals surface area contributed by atoms with E-state index < -0.39 is 0 Å². The molecule has 1 unspecified atom stereocenters. The Labute approximate surface area is 145 Å². The highest BCUT2D eigenvalue weighted by atomic mass is 16.3. The van der Waals surface area contributed by atoms with Crippen molar-refractivity contribution in [2.75, 3.05) is 19.6 Å². The monoisotopic (exact) mass is 326 g/mol. The molecule has 1 aliphatic carbocycles. The van der Waals surface area contributed by atoms with Crippen molar-refractivity contribution in [3.63, 3.8) is 0 Å². The number of aryl methyl sites for hydroxylation is 1. The molecule has 2 aliphatic rings. The first-order valence-corrected chi connectivity index (χ1v) is 9.82. The van der Waals surface area contributed by atoms with Gasteiger partial charge in [0, 0.05) is 23.1 Å². The Kier molecular flexibility index (Phi) is 4.91. The fourth-order valence-corrected chi connectivity index (χ4v) is 4.68. The molecular formula is C21H30N2O. The van der Waals surface area contributed by atoms with Crippen molar-refractivity contribution in [1.82, 2.24) is 9.47 Å². The van der Waals surface area contributed by atoms with Crippen molar-refractivity contribution in [1.29, 1.82) is 0 Å². The normalized spacial score (nSPS) is 20.7. The number of aliphatic hydroxyl groups is 1. The largest absolute Gasteiger partial charge is 0.390 e. The van der Waals surface area contributed by atoms with Gasteiger partial charge in [0.1, 0.15) is 0 Å². The van der Waals surface area contributed by atoms with Gasteiger partial charge in [-0.25, -0.2) is 0 Å². The van der Waals surface area contributed by atoms with Crippen LogP contribution < -0.4 is 0 Å². The molecule has 2 heterocycles. The van der Waals surface area contributed by atoms with Crippen LogP contribution in [0.4, 0.5) is 0 Å². The molecule has 0 radical (unpaired) electrons. The molecule has 1 N–H and O–H groups in total. The van der Waals surface area contributed by atoms with Crippen molar-refractivity contribution in [3.8, 4) is 0 Å². The Bertz CT molecular complexity index is 682. The van der Waals surface area contributed by atoms with Crippen LogP contribution in [0.15, 0.2) is 24.3 Å². The molecule has 1 saturated heterocycles. The van der Waals surface area contributed by atoms with Crippen molar-refractivity contribution < 1.29 is 5.11 Å². The number of β-amino-alcohol motifs (C(OH)–C–C–N with tert-alkyl or cyclic N) is 1. The van der Waals surface area contributed by atoms with Gasteiger partial charge in [0.25, 0.3) is 0 Å². The zero-order valence-corrected chi connectivity index (χ0v) is 14.7. The van der Waals surface area contributed by atoms with Gasteiger partial charge in [-0.05, 0) is 63.2 Å². The van der Waals surface area contributed by atoms with E-state index in [0.29, 0.717) is 0 Å². The summed E-state index contributed by atoms with van der Waals surface area (Å²) in [6.07, 6.45) is 9.95. The maximum atomic E-state index is 10.8. The lowest BCUT2D eigenvalue weighted by atomic mass is 9.95. The van der Waals surface area contributed by atoms with Crippen LogP contribution in [-0.4, -0.2) is 40.3 Å². The maximum Gasteiger partial charge on any atom is 0.0845 e. The fraction of sp³-hybridized carbons (Fsp3) is 0.619. The Hall–Kier alpha value is -1.32. The summed E-state index contributed by atoms with van der Waals surface area (Å²) in [5.41, 5.74) is 4.34. The highest BCUT2D eigenvalue weighted by Gasteiger charge is 2.22. The number of nitrogens with zero attached hydrogens (tertiary/aromatic N) is 2. The summed E-state index contributed by atoms with van der Waals surface area (Å²) >= 11 is 0. The summed E-state index contributed by atoms with van der Waals surface area (Å²) in [5, 5.41) is 12.2. The summed E-state index contributed by atoms with van der Waals surface area (Å²) < 4.78 is 2.42. The smallest absolute Gasteiger partial charge is 0.0845 e. The second kappa shape index (κ2) is 7.28. The SMILES string of the molecule is OC(CN1CCCCCC1)Cn1c2c(c3ccccc31)CCCC2. The third kappa shape index (κ3) is 3.25. The van der Waals surface area contributed by atoms with Crippen molar-refractivity contribution in [2.24, 2.45) is 0 Å². The number of fused-ring (bicyclic) bond motifs is 3. The van der Waals surface area contributed by atoms with E-state index in [1.54, 1.807) is 5.56 Å². The van der Waals surface area contributed by atoms with Gasteiger partial charge >= 0.3 is 0 Å². The van der Waals surface area contributed by atoms with Gasteiger partial charge in [0.15, 0.2) is 0 Å². The van der Waals surface area contributed by atoms with Crippen LogP contribution in [0, 0.1) is 0 Å². The molecule has 4 rings (SSSR count). The summed E-state index contributed by atoms with van der Waals surface area (Å²) in [5.74, 6) is 0. The molecule has 1 aliphatic heterocycles. The van der Waals surface area contributed by atoms with Crippen LogP contribution in [0.5, 0.6) is 0 Å². The van der Waals surface area contributed by atoms with Gasteiger partial charge in [-0.3, -0.25) is 0 Å². The molecule has 0 bridgehead atoms. The number of likely N-dealkylation sites (tertiary alicyclic amines) is 1. The topological polar surface area (TPSA) is 28.4 Å². The van der Waals surface area contributed by atoms with Gasteiger partial charge < -0.3 is 14.6 Å². The minimum absolute atomic E-state index is 0.273.